The number of hydrogen-bond donors (Lipinski definition) is 0. The summed E-state index contributed by atoms with van der Waals surface area (Å²) in [4.78, 5) is 19.0. The second kappa shape index (κ2) is 6.25. The Balaban J connectivity index is 1.43. The Morgan fingerprint density at radius 2 is 2.00 bits per heavy atom. The monoisotopic (exact) mass is 343 g/mol. The van der Waals surface area contributed by atoms with Crippen molar-refractivity contribution in [1.29, 1.82) is 0 Å². The molecule has 134 valence electrons. The number of fused-ring (bicyclic) bond motifs is 1. The lowest BCUT2D eigenvalue weighted by Crippen LogP contribution is -2.62. The lowest BCUT2D eigenvalue weighted by Gasteiger charge is -2.46. The lowest BCUT2D eigenvalue weighted by molar-refractivity contribution is -0.135. The van der Waals surface area contributed by atoms with Crippen LogP contribution in [0.3, 0.4) is 0 Å². The minimum absolute atomic E-state index is 0.00943. The van der Waals surface area contributed by atoms with Gasteiger partial charge in [0.2, 0.25) is 5.91 Å². The minimum Gasteiger partial charge on any atom is -0.352 e. The fraction of sp³-hybridized carbons (Fsp3) is 0.647. The molecule has 8 nitrogen and oxygen atoms in total. The zero-order chi connectivity index (χ0) is 17.6. The molecule has 0 N–H and O–H groups in total. The van der Waals surface area contributed by atoms with Crippen molar-refractivity contribution in [2.24, 2.45) is 0 Å². The van der Waals surface area contributed by atoms with Crippen LogP contribution in [-0.2, 0) is 4.79 Å². The molecule has 0 aliphatic carbocycles. The summed E-state index contributed by atoms with van der Waals surface area (Å²) in [5, 5.41) is 12.8. The molecule has 25 heavy (non-hydrogen) atoms. The van der Waals surface area contributed by atoms with Gasteiger partial charge in [0.1, 0.15) is 5.82 Å². The topological polar surface area (TPSA) is 69.9 Å². The van der Waals surface area contributed by atoms with Crippen LogP contribution in [-0.4, -0.2) is 81.3 Å². The van der Waals surface area contributed by atoms with Crippen LogP contribution < -0.4 is 4.90 Å². The number of likely N-dealkylation sites (tertiary alicyclic amines) is 1. The molecule has 2 aliphatic rings. The molecule has 2 saturated heterocycles. The van der Waals surface area contributed by atoms with Crippen molar-refractivity contribution < 1.29 is 4.79 Å². The predicted molar refractivity (Wildman–Crippen MR) is 94.6 cm³/mol. The van der Waals surface area contributed by atoms with E-state index in [4.69, 9.17) is 0 Å². The van der Waals surface area contributed by atoms with E-state index in [0.29, 0.717) is 6.04 Å². The summed E-state index contributed by atoms with van der Waals surface area (Å²) in [5.41, 5.74) is 0.766. The van der Waals surface area contributed by atoms with E-state index in [-0.39, 0.29) is 11.9 Å². The van der Waals surface area contributed by atoms with Crippen LogP contribution >= 0.6 is 0 Å². The number of aryl methyl sites for hydroxylation is 1. The summed E-state index contributed by atoms with van der Waals surface area (Å²) in [5.74, 6) is 1.99. The van der Waals surface area contributed by atoms with E-state index in [1.54, 1.807) is 4.52 Å². The number of amides is 1. The van der Waals surface area contributed by atoms with Gasteiger partial charge in [-0.15, -0.1) is 15.3 Å². The molecule has 1 unspecified atom stereocenters. The van der Waals surface area contributed by atoms with E-state index in [1.807, 2.05) is 31.0 Å². The first kappa shape index (κ1) is 16.3. The predicted octanol–water partition coefficient (Wildman–Crippen LogP) is 0.564. The fourth-order valence-electron chi connectivity index (χ4n) is 3.76. The molecule has 4 heterocycles. The third-order valence-electron chi connectivity index (χ3n) is 5.54. The molecule has 0 radical (unpaired) electrons. The van der Waals surface area contributed by atoms with E-state index in [0.717, 1.165) is 56.2 Å². The molecule has 0 bridgehead atoms. The van der Waals surface area contributed by atoms with Gasteiger partial charge >= 0.3 is 0 Å². The number of carbonyl (C=O) groups excluding carboxylic acids is 1. The highest BCUT2D eigenvalue weighted by molar-refractivity contribution is 5.82. The fourth-order valence-corrected chi connectivity index (χ4v) is 3.76. The maximum atomic E-state index is 12.6. The zero-order valence-corrected chi connectivity index (χ0v) is 15.1. The van der Waals surface area contributed by atoms with Crippen molar-refractivity contribution in [3.05, 3.63) is 18.0 Å². The molecule has 1 amide bonds. The quantitative estimate of drug-likeness (QED) is 0.811. The SMILES string of the molecule is Cc1nnc2ccc(N3CC(N(C)C4CCCCN(C)C4=O)C3)nn12. The van der Waals surface area contributed by atoms with Crippen molar-refractivity contribution in [2.45, 2.75) is 38.3 Å². The molecule has 0 spiro atoms. The maximum Gasteiger partial charge on any atom is 0.239 e. The highest BCUT2D eigenvalue weighted by Gasteiger charge is 2.38. The largest absolute Gasteiger partial charge is 0.352 e. The Hall–Kier alpha value is -2.22. The molecule has 2 aromatic rings. The average molecular weight is 343 g/mol. The summed E-state index contributed by atoms with van der Waals surface area (Å²) in [6, 6.07) is 4.34. The van der Waals surface area contributed by atoms with Gasteiger partial charge in [0.25, 0.3) is 0 Å². The third kappa shape index (κ3) is 2.84. The number of anilines is 1. The molecule has 0 aromatic carbocycles. The van der Waals surface area contributed by atoms with Crippen LogP contribution in [0.4, 0.5) is 5.82 Å². The molecule has 1 atom stereocenters. The van der Waals surface area contributed by atoms with Crippen molar-refractivity contribution in [3.63, 3.8) is 0 Å². The second-order valence-corrected chi connectivity index (χ2v) is 7.20. The number of carbonyl (C=O) groups is 1. The molecule has 8 heteroatoms. The standard InChI is InChI=1S/C17H25N7O/c1-12-18-19-15-7-8-16(20-24(12)15)23-10-13(11-23)22(3)14-6-4-5-9-21(2)17(14)25/h7-8,13-14H,4-6,9-11H2,1-3H3. The van der Waals surface area contributed by atoms with E-state index in [9.17, 15) is 4.79 Å². The Bertz CT molecular complexity index is 782. The first-order chi connectivity index (χ1) is 12.0. The van der Waals surface area contributed by atoms with Gasteiger partial charge in [-0.25, -0.2) is 0 Å². The van der Waals surface area contributed by atoms with Gasteiger partial charge in [-0.2, -0.15) is 4.52 Å². The van der Waals surface area contributed by atoms with Crippen LogP contribution in [0.5, 0.6) is 0 Å². The van der Waals surface area contributed by atoms with Gasteiger partial charge in [-0.05, 0) is 45.4 Å². The first-order valence-corrected chi connectivity index (χ1v) is 8.95. The summed E-state index contributed by atoms with van der Waals surface area (Å²) in [7, 11) is 4.01. The van der Waals surface area contributed by atoms with Crippen LogP contribution in [0.25, 0.3) is 5.65 Å². The lowest BCUT2D eigenvalue weighted by atomic mass is 10.0. The van der Waals surface area contributed by atoms with Crippen molar-refractivity contribution in [2.75, 3.05) is 38.6 Å². The summed E-state index contributed by atoms with van der Waals surface area (Å²) in [6.45, 7) is 4.56. The van der Waals surface area contributed by atoms with Gasteiger partial charge in [0.05, 0.1) is 6.04 Å². The number of rotatable bonds is 3. The van der Waals surface area contributed by atoms with Gasteiger partial charge in [0, 0.05) is 32.7 Å². The van der Waals surface area contributed by atoms with E-state index in [2.05, 4.69) is 32.1 Å². The highest BCUT2D eigenvalue weighted by Crippen LogP contribution is 2.25. The summed E-state index contributed by atoms with van der Waals surface area (Å²) in [6.07, 6.45) is 3.18. The van der Waals surface area contributed by atoms with E-state index < -0.39 is 0 Å². The number of hydrogen-bond acceptors (Lipinski definition) is 6. The number of nitrogens with zero attached hydrogens (tertiary/aromatic N) is 7. The highest BCUT2D eigenvalue weighted by atomic mass is 16.2. The van der Waals surface area contributed by atoms with Gasteiger partial charge in [-0.1, -0.05) is 0 Å². The molecular weight excluding hydrogens is 318 g/mol. The smallest absolute Gasteiger partial charge is 0.239 e. The Morgan fingerprint density at radius 3 is 2.80 bits per heavy atom. The Kier molecular flexibility index (Phi) is 4.07. The molecule has 4 rings (SSSR count). The van der Waals surface area contributed by atoms with Gasteiger partial charge < -0.3 is 9.80 Å². The summed E-state index contributed by atoms with van der Waals surface area (Å²) >= 11 is 0. The van der Waals surface area contributed by atoms with Crippen LogP contribution in [0.1, 0.15) is 25.1 Å². The molecule has 0 saturated carbocycles. The van der Waals surface area contributed by atoms with Gasteiger partial charge in [0.15, 0.2) is 11.5 Å². The zero-order valence-electron chi connectivity index (χ0n) is 15.1. The first-order valence-electron chi connectivity index (χ1n) is 8.95. The van der Waals surface area contributed by atoms with Crippen LogP contribution in [0, 0.1) is 6.92 Å². The van der Waals surface area contributed by atoms with Crippen molar-refractivity contribution in [1.82, 2.24) is 29.6 Å². The Morgan fingerprint density at radius 1 is 1.20 bits per heavy atom. The average Bonchev–Trinajstić information content (AvgIpc) is 2.84. The number of likely N-dealkylation sites (N-methyl/N-ethyl adjacent to an activating group) is 2. The molecular formula is C17H25N7O. The Labute approximate surface area is 147 Å². The van der Waals surface area contributed by atoms with Gasteiger partial charge in [-0.3, -0.25) is 9.69 Å². The van der Waals surface area contributed by atoms with E-state index in [1.165, 1.54) is 0 Å². The van der Waals surface area contributed by atoms with Crippen LogP contribution in [0.2, 0.25) is 0 Å². The molecule has 2 aliphatic heterocycles. The third-order valence-corrected chi connectivity index (χ3v) is 5.54. The molecule has 2 aromatic heterocycles. The second-order valence-electron chi connectivity index (χ2n) is 7.20. The number of aromatic nitrogens is 4. The van der Waals surface area contributed by atoms with Crippen molar-refractivity contribution in [3.8, 4) is 0 Å². The van der Waals surface area contributed by atoms with E-state index >= 15 is 0 Å². The summed E-state index contributed by atoms with van der Waals surface area (Å²) < 4.78 is 1.77. The normalized spacial score (nSPS) is 22.6. The maximum absolute atomic E-state index is 12.6. The van der Waals surface area contributed by atoms with Crippen molar-refractivity contribution >= 4 is 17.4 Å². The molecule has 2 fully saturated rings. The van der Waals surface area contributed by atoms with Crippen LogP contribution in [0.15, 0.2) is 12.1 Å². The minimum atomic E-state index is 0.00943.